The fourth-order valence-electron chi connectivity index (χ4n) is 2.61. The molecule has 1 atom stereocenters. The monoisotopic (exact) mass is 405 g/mol. The number of aromatic amines is 1. The first-order chi connectivity index (χ1) is 12.8. The number of nitrogens with one attached hydrogen (secondary N) is 2. The highest BCUT2D eigenvalue weighted by Gasteiger charge is 2.17. The second-order valence-corrected chi connectivity index (χ2v) is 8.91. The van der Waals surface area contributed by atoms with Crippen LogP contribution in [-0.4, -0.2) is 21.1 Å². The van der Waals surface area contributed by atoms with E-state index in [1.54, 1.807) is 13.0 Å². The Morgan fingerprint density at radius 3 is 2.85 bits per heavy atom. The summed E-state index contributed by atoms with van der Waals surface area (Å²) in [4.78, 5) is 33.8. The van der Waals surface area contributed by atoms with Crippen molar-refractivity contribution in [2.75, 3.05) is 5.32 Å². The molecule has 0 spiro atoms. The van der Waals surface area contributed by atoms with Gasteiger partial charge < -0.3 is 10.3 Å². The Labute approximate surface area is 164 Å². The van der Waals surface area contributed by atoms with E-state index in [-0.39, 0.29) is 16.7 Å². The lowest BCUT2D eigenvalue weighted by Gasteiger charge is -2.13. The third-order valence-electron chi connectivity index (χ3n) is 4.38. The zero-order chi connectivity index (χ0) is 19.7. The van der Waals surface area contributed by atoms with Crippen LogP contribution < -0.4 is 10.9 Å². The molecule has 0 aliphatic heterocycles. The lowest BCUT2D eigenvalue weighted by atomic mass is 10.2. The molecule has 27 heavy (non-hydrogen) atoms. The van der Waals surface area contributed by atoms with Gasteiger partial charge in [0.05, 0.1) is 16.4 Å². The molecule has 3 rings (SSSR count). The van der Waals surface area contributed by atoms with E-state index in [9.17, 15) is 14.0 Å². The van der Waals surface area contributed by atoms with E-state index in [1.807, 2.05) is 20.8 Å². The minimum atomic E-state index is -0.396. The van der Waals surface area contributed by atoms with Crippen molar-refractivity contribution in [2.45, 2.75) is 38.7 Å². The first kappa shape index (κ1) is 19.6. The number of thiophene rings is 1. The summed E-state index contributed by atoms with van der Waals surface area (Å²) in [5.74, 6) is 0.325. The Kier molecular flexibility index (Phi) is 5.67. The standard InChI is InChI=1S/C19H20FN3O2S2/c1-9-5-6-13(20)7-14(9)21-17(24)12(4)26-8-15-22-18(25)16-10(2)11(3)27-19(16)23-15/h5-7,12H,8H2,1-4H3,(H,21,24)(H,22,23,25)/t12-/m1/s1. The van der Waals surface area contributed by atoms with Crippen LogP contribution in [0.3, 0.4) is 0 Å². The van der Waals surface area contributed by atoms with Crippen LogP contribution in [0.1, 0.15) is 28.8 Å². The maximum atomic E-state index is 13.4. The Hall–Kier alpha value is -2.19. The summed E-state index contributed by atoms with van der Waals surface area (Å²) in [6.07, 6.45) is 0. The molecule has 8 heteroatoms. The van der Waals surface area contributed by atoms with Crippen molar-refractivity contribution in [2.24, 2.45) is 0 Å². The maximum Gasteiger partial charge on any atom is 0.259 e. The molecule has 3 aromatic rings. The zero-order valence-electron chi connectivity index (χ0n) is 15.5. The molecular weight excluding hydrogens is 385 g/mol. The first-order valence-corrected chi connectivity index (χ1v) is 10.3. The van der Waals surface area contributed by atoms with E-state index in [0.717, 1.165) is 20.8 Å². The van der Waals surface area contributed by atoms with E-state index < -0.39 is 5.82 Å². The molecule has 1 amide bonds. The number of rotatable bonds is 5. The number of benzene rings is 1. The largest absolute Gasteiger partial charge is 0.325 e. The summed E-state index contributed by atoms with van der Waals surface area (Å²) in [5, 5.41) is 3.00. The molecule has 1 aromatic carbocycles. The zero-order valence-corrected chi connectivity index (χ0v) is 17.1. The number of nitrogens with zero attached hydrogens (tertiary/aromatic N) is 1. The van der Waals surface area contributed by atoms with E-state index >= 15 is 0 Å². The summed E-state index contributed by atoms with van der Waals surface area (Å²) >= 11 is 2.86. The minimum Gasteiger partial charge on any atom is -0.325 e. The number of H-pyrrole nitrogens is 1. The highest BCUT2D eigenvalue weighted by molar-refractivity contribution is 7.99. The number of thioether (sulfide) groups is 1. The summed E-state index contributed by atoms with van der Waals surface area (Å²) < 4.78 is 13.4. The Balaban J connectivity index is 1.69. The van der Waals surface area contributed by atoms with Gasteiger partial charge in [-0.05, 0) is 51.0 Å². The molecule has 0 saturated carbocycles. The van der Waals surface area contributed by atoms with E-state index in [0.29, 0.717) is 22.7 Å². The van der Waals surface area contributed by atoms with Gasteiger partial charge in [0.25, 0.3) is 5.56 Å². The lowest BCUT2D eigenvalue weighted by molar-refractivity contribution is -0.115. The second-order valence-electron chi connectivity index (χ2n) is 6.38. The number of anilines is 1. The fourth-order valence-corrected chi connectivity index (χ4v) is 4.41. The molecule has 0 bridgehead atoms. The number of amides is 1. The Bertz CT molecular complexity index is 1070. The number of carbonyl (C=O) groups excluding carboxylic acids is 1. The molecule has 142 valence electrons. The fraction of sp³-hybridized carbons (Fsp3) is 0.316. The van der Waals surface area contributed by atoms with E-state index in [1.165, 1.54) is 35.2 Å². The van der Waals surface area contributed by atoms with Crippen molar-refractivity contribution in [3.8, 4) is 0 Å². The smallest absolute Gasteiger partial charge is 0.259 e. The average molecular weight is 406 g/mol. The van der Waals surface area contributed by atoms with Crippen molar-refractivity contribution in [1.29, 1.82) is 0 Å². The number of carbonyl (C=O) groups is 1. The number of fused-ring (bicyclic) bond motifs is 1. The van der Waals surface area contributed by atoms with Crippen molar-refractivity contribution in [3.63, 3.8) is 0 Å². The van der Waals surface area contributed by atoms with Gasteiger partial charge in [0, 0.05) is 10.6 Å². The maximum absolute atomic E-state index is 13.4. The topological polar surface area (TPSA) is 74.8 Å². The molecule has 0 fully saturated rings. The molecule has 0 aliphatic carbocycles. The van der Waals surface area contributed by atoms with E-state index in [2.05, 4.69) is 15.3 Å². The molecule has 2 heterocycles. The van der Waals surface area contributed by atoms with Gasteiger partial charge in [-0.25, -0.2) is 9.37 Å². The van der Waals surface area contributed by atoms with Crippen molar-refractivity contribution in [3.05, 3.63) is 56.2 Å². The normalized spacial score (nSPS) is 12.3. The number of aromatic nitrogens is 2. The number of aryl methyl sites for hydroxylation is 3. The Morgan fingerprint density at radius 1 is 1.37 bits per heavy atom. The first-order valence-electron chi connectivity index (χ1n) is 8.43. The molecular formula is C19H20FN3O2S2. The van der Waals surface area contributed by atoms with Crippen LogP contribution in [0.25, 0.3) is 10.2 Å². The molecule has 2 N–H and O–H groups in total. The number of hydrogen-bond acceptors (Lipinski definition) is 5. The molecule has 0 saturated heterocycles. The highest BCUT2D eigenvalue weighted by atomic mass is 32.2. The number of hydrogen-bond donors (Lipinski definition) is 2. The summed E-state index contributed by atoms with van der Waals surface area (Å²) in [6.45, 7) is 7.46. The van der Waals surface area contributed by atoms with Crippen LogP contribution in [0.15, 0.2) is 23.0 Å². The molecule has 5 nitrogen and oxygen atoms in total. The molecule has 0 aliphatic rings. The molecule has 0 unspecified atom stereocenters. The van der Waals surface area contributed by atoms with Gasteiger partial charge in [0.1, 0.15) is 16.5 Å². The van der Waals surface area contributed by atoms with Gasteiger partial charge in [-0.1, -0.05) is 6.07 Å². The van der Waals surface area contributed by atoms with Gasteiger partial charge in [-0.2, -0.15) is 0 Å². The van der Waals surface area contributed by atoms with Gasteiger partial charge in [0.2, 0.25) is 5.91 Å². The third-order valence-corrected chi connectivity index (χ3v) is 6.64. The highest BCUT2D eigenvalue weighted by Crippen LogP contribution is 2.27. The van der Waals surface area contributed by atoms with E-state index in [4.69, 9.17) is 0 Å². The van der Waals surface area contributed by atoms with Gasteiger partial charge >= 0.3 is 0 Å². The van der Waals surface area contributed by atoms with Crippen molar-refractivity contribution >= 4 is 44.9 Å². The third kappa shape index (κ3) is 4.22. The van der Waals surface area contributed by atoms with Crippen LogP contribution in [0.2, 0.25) is 0 Å². The van der Waals surface area contributed by atoms with Crippen molar-refractivity contribution < 1.29 is 9.18 Å². The van der Waals surface area contributed by atoms with Crippen LogP contribution >= 0.6 is 23.1 Å². The predicted molar refractivity (Wildman–Crippen MR) is 110 cm³/mol. The average Bonchev–Trinajstić information content (AvgIpc) is 2.90. The quantitative estimate of drug-likeness (QED) is 0.663. The minimum absolute atomic E-state index is 0.148. The van der Waals surface area contributed by atoms with Gasteiger partial charge in [0.15, 0.2) is 0 Å². The van der Waals surface area contributed by atoms with Gasteiger partial charge in [-0.15, -0.1) is 23.1 Å². The van der Waals surface area contributed by atoms with Crippen LogP contribution in [0, 0.1) is 26.6 Å². The Morgan fingerprint density at radius 2 is 2.11 bits per heavy atom. The SMILES string of the molecule is Cc1ccc(F)cc1NC(=O)[C@@H](C)SCc1nc2sc(C)c(C)c2c(=O)[nH]1. The summed E-state index contributed by atoms with van der Waals surface area (Å²) in [5.41, 5.74) is 2.07. The summed E-state index contributed by atoms with van der Waals surface area (Å²) in [6, 6.07) is 4.28. The van der Waals surface area contributed by atoms with Gasteiger partial charge in [-0.3, -0.25) is 9.59 Å². The van der Waals surface area contributed by atoms with Crippen molar-refractivity contribution in [1.82, 2.24) is 9.97 Å². The second kappa shape index (κ2) is 7.82. The van der Waals surface area contributed by atoms with Crippen LogP contribution in [0.5, 0.6) is 0 Å². The lowest BCUT2D eigenvalue weighted by Crippen LogP contribution is -2.23. The predicted octanol–water partition coefficient (Wildman–Crippen LogP) is 4.31. The van der Waals surface area contributed by atoms with Crippen LogP contribution in [-0.2, 0) is 10.5 Å². The van der Waals surface area contributed by atoms with Crippen LogP contribution in [0.4, 0.5) is 10.1 Å². The molecule has 0 radical (unpaired) electrons. The summed E-state index contributed by atoms with van der Waals surface area (Å²) in [7, 11) is 0. The number of halogens is 1. The molecule has 2 aromatic heterocycles.